The Morgan fingerprint density at radius 1 is 1.11 bits per heavy atom. The number of nitrogens with zero attached hydrogens (tertiary/aromatic N) is 5. The molecule has 2 rings (SSSR count). The number of rotatable bonds is 4. The topological polar surface area (TPSA) is 62.9 Å². The molecule has 0 atom stereocenters. The van der Waals surface area contributed by atoms with Crippen molar-refractivity contribution in [3.05, 3.63) is 48.3 Å². The Bertz CT molecular complexity index is 590. The van der Waals surface area contributed by atoms with E-state index < -0.39 is 0 Å². The van der Waals surface area contributed by atoms with E-state index in [-0.39, 0.29) is 0 Å². The van der Waals surface area contributed by atoms with E-state index >= 15 is 0 Å². The molecule has 2 aromatic rings. The predicted molar refractivity (Wildman–Crippen MR) is 75.1 cm³/mol. The summed E-state index contributed by atoms with van der Waals surface area (Å²) in [6.45, 7) is 1.93. The zero-order valence-electron chi connectivity index (χ0n) is 11.0. The van der Waals surface area contributed by atoms with Crippen LogP contribution in [0.2, 0.25) is 0 Å². The Balaban J connectivity index is 2.21. The summed E-state index contributed by atoms with van der Waals surface area (Å²) >= 11 is 0. The second kappa shape index (κ2) is 6.49. The van der Waals surface area contributed by atoms with Gasteiger partial charge in [-0.15, -0.1) is 5.10 Å². The van der Waals surface area contributed by atoms with Crippen LogP contribution < -0.4 is 0 Å². The lowest BCUT2D eigenvalue weighted by Gasteiger charge is -2.03. The van der Waals surface area contributed by atoms with Crippen LogP contribution in [0.3, 0.4) is 0 Å². The lowest BCUT2D eigenvalue weighted by atomic mass is 10.1. The van der Waals surface area contributed by atoms with Crippen molar-refractivity contribution in [1.82, 2.24) is 9.97 Å². The molecule has 2 aromatic heterocycles. The monoisotopic (exact) mass is 253 g/mol. The minimum absolute atomic E-state index is 0.724. The minimum atomic E-state index is 0.724. The first-order valence-electron chi connectivity index (χ1n) is 5.98. The van der Waals surface area contributed by atoms with E-state index in [1.807, 2.05) is 37.3 Å². The van der Waals surface area contributed by atoms with Gasteiger partial charge in [-0.2, -0.15) is 5.11 Å². The van der Waals surface area contributed by atoms with Crippen LogP contribution in [0.15, 0.2) is 58.2 Å². The van der Waals surface area contributed by atoms with Crippen LogP contribution in [0.4, 0.5) is 0 Å². The van der Waals surface area contributed by atoms with Gasteiger partial charge in [-0.05, 0) is 36.8 Å². The van der Waals surface area contributed by atoms with Crippen LogP contribution >= 0.6 is 0 Å². The van der Waals surface area contributed by atoms with Crippen molar-refractivity contribution >= 4 is 5.71 Å². The third kappa shape index (κ3) is 3.77. The van der Waals surface area contributed by atoms with E-state index in [9.17, 15) is 0 Å². The first kappa shape index (κ1) is 13.0. The molecular formula is C14H15N5. The Morgan fingerprint density at radius 2 is 1.95 bits per heavy atom. The number of pyridine rings is 2. The van der Waals surface area contributed by atoms with Gasteiger partial charge in [0.25, 0.3) is 0 Å². The molecule has 0 bridgehead atoms. The highest BCUT2D eigenvalue weighted by Gasteiger charge is 2.02. The molecule has 0 amide bonds. The first-order chi connectivity index (χ1) is 9.29. The van der Waals surface area contributed by atoms with Gasteiger partial charge in [0.2, 0.25) is 0 Å². The maximum atomic E-state index is 4.33. The normalized spacial score (nSPS) is 12.0. The van der Waals surface area contributed by atoms with Crippen molar-refractivity contribution in [2.45, 2.75) is 13.3 Å². The fourth-order valence-corrected chi connectivity index (χ4v) is 1.69. The first-order valence-corrected chi connectivity index (χ1v) is 5.98. The molecule has 5 heteroatoms. The highest BCUT2D eigenvalue weighted by atomic mass is 15.4. The molecule has 0 N–H and O–H groups in total. The third-order valence-corrected chi connectivity index (χ3v) is 2.52. The van der Waals surface area contributed by atoms with E-state index in [2.05, 4.69) is 25.4 Å². The van der Waals surface area contributed by atoms with Gasteiger partial charge in [0.05, 0.1) is 18.4 Å². The molecule has 96 valence electrons. The van der Waals surface area contributed by atoms with Crippen molar-refractivity contribution in [3.8, 4) is 11.4 Å². The molecule has 0 aliphatic rings. The summed E-state index contributed by atoms with van der Waals surface area (Å²) in [4.78, 5) is 8.63. The summed E-state index contributed by atoms with van der Waals surface area (Å²) < 4.78 is 0. The number of hydrogen-bond donors (Lipinski definition) is 0. The van der Waals surface area contributed by atoms with Crippen molar-refractivity contribution in [3.63, 3.8) is 0 Å². The summed E-state index contributed by atoms with van der Waals surface area (Å²) in [5.74, 6) is 0. The van der Waals surface area contributed by atoms with Crippen LogP contribution in [0.25, 0.3) is 11.4 Å². The molecule has 0 fully saturated rings. The Kier molecular flexibility index (Phi) is 4.44. The Labute approximate surface area is 112 Å². The zero-order valence-corrected chi connectivity index (χ0v) is 11.0. The van der Waals surface area contributed by atoms with E-state index in [0.717, 1.165) is 29.1 Å². The fourth-order valence-electron chi connectivity index (χ4n) is 1.69. The van der Waals surface area contributed by atoms with Crippen LogP contribution in [0.5, 0.6) is 0 Å². The van der Waals surface area contributed by atoms with Gasteiger partial charge < -0.3 is 0 Å². The van der Waals surface area contributed by atoms with Gasteiger partial charge >= 0.3 is 0 Å². The molecule has 2 heterocycles. The quantitative estimate of drug-likeness (QED) is 0.477. The lowest BCUT2D eigenvalue weighted by molar-refractivity contribution is 1.01. The average Bonchev–Trinajstić information content (AvgIpc) is 2.46. The lowest BCUT2D eigenvalue weighted by Crippen LogP contribution is -1.98. The fraction of sp³-hybridized carbons (Fsp3) is 0.214. The molecule has 0 aliphatic heterocycles. The smallest absolute Gasteiger partial charge is 0.0888 e. The van der Waals surface area contributed by atoms with Gasteiger partial charge in [-0.25, -0.2) is 0 Å². The summed E-state index contributed by atoms with van der Waals surface area (Å²) in [6.07, 6.45) is 4.27. The van der Waals surface area contributed by atoms with Crippen LogP contribution in [0, 0.1) is 0 Å². The Hall–Kier alpha value is -2.43. The second-order valence-electron chi connectivity index (χ2n) is 4.07. The van der Waals surface area contributed by atoms with Crippen molar-refractivity contribution in [2.24, 2.45) is 15.4 Å². The average molecular weight is 253 g/mol. The van der Waals surface area contributed by atoms with E-state index in [0.29, 0.717) is 0 Å². The van der Waals surface area contributed by atoms with E-state index in [4.69, 9.17) is 0 Å². The van der Waals surface area contributed by atoms with Gasteiger partial charge in [-0.1, -0.05) is 11.3 Å². The third-order valence-electron chi connectivity index (χ3n) is 2.52. The van der Waals surface area contributed by atoms with Gasteiger partial charge in [0.1, 0.15) is 0 Å². The highest BCUT2D eigenvalue weighted by molar-refractivity contribution is 5.84. The summed E-state index contributed by atoms with van der Waals surface area (Å²) in [5.41, 5.74) is 3.77. The highest BCUT2D eigenvalue weighted by Crippen LogP contribution is 2.15. The standard InChI is InChI=1S/C14H15N5/c1-11(18-19-15-2)9-12-6-8-17-14(10-12)13-5-3-4-7-16-13/h3-8,10H,9H2,1-2H3/b18-11+,19-15?. The molecule has 5 nitrogen and oxygen atoms in total. The molecule has 0 aromatic carbocycles. The van der Waals surface area contributed by atoms with Gasteiger partial charge in [0, 0.05) is 24.5 Å². The molecule has 0 unspecified atom stereocenters. The molecule has 0 spiro atoms. The SMILES string of the molecule is CN=N/N=C(\C)Cc1ccnc(-c2ccccn2)c1. The largest absolute Gasteiger partial charge is 0.255 e. The van der Waals surface area contributed by atoms with Crippen LogP contribution in [-0.4, -0.2) is 22.7 Å². The molecule has 0 saturated carbocycles. The Morgan fingerprint density at radius 3 is 2.68 bits per heavy atom. The van der Waals surface area contributed by atoms with E-state index in [1.54, 1.807) is 19.4 Å². The molecule has 0 aliphatic carbocycles. The van der Waals surface area contributed by atoms with Crippen molar-refractivity contribution < 1.29 is 0 Å². The van der Waals surface area contributed by atoms with Crippen LogP contribution in [0.1, 0.15) is 12.5 Å². The van der Waals surface area contributed by atoms with E-state index in [1.165, 1.54) is 0 Å². The van der Waals surface area contributed by atoms with Crippen LogP contribution in [-0.2, 0) is 6.42 Å². The molecule has 0 saturated heterocycles. The van der Waals surface area contributed by atoms with Crippen molar-refractivity contribution in [1.29, 1.82) is 0 Å². The molecule has 19 heavy (non-hydrogen) atoms. The van der Waals surface area contributed by atoms with Gasteiger partial charge in [-0.3, -0.25) is 9.97 Å². The predicted octanol–water partition coefficient (Wildman–Crippen LogP) is 3.14. The maximum absolute atomic E-state index is 4.33. The second-order valence-corrected chi connectivity index (χ2v) is 4.07. The van der Waals surface area contributed by atoms with Gasteiger partial charge in [0.15, 0.2) is 0 Å². The number of aromatic nitrogens is 2. The summed E-state index contributed by atoms with van der Waals surface area (Å²) in [5, 5.41) is 11.2. The zero-order chi connectivity index (χ0) is 13.5. The molecule has 0 radical (unpaired) electrons. The van der Waals surface area contributed by atoms with Crippen molar-refractivity contribution in [2.75, 3.05) is 7.05 Å². The molecular weight excluding hydrogens is 238 g/mol. The summed E-state index contributed by atoms with van der Waals surface area (Å²) in [7, 11) is 1.60. The number of hydrogen-bond acceptors (Lipinski definition) is 4. The minimum Gasteiger partial charge on any atom is -0.255 e. The maximum Gasteiger partial charge on any atom is 0.0888 e. The summed E-state index contributed by atoms with van der Waals surface area (Å²) in [6, 6.07) is 9.77.